The van der Waals surface area contributed by atoms with E-state index in [-0.39, 0.29) is 24.7 Å². The molecule has 2 aliphatic rings. The van der Waals surface area contributed by atoms with Crippen LogP contribution < -0.4 is 5.73 Å². The van der Waals surface area contributed by atoms with Crippen LogP contribution in [0.15, 0.2) is 41.6 Å². The van der Waals surface area contributed by atoms with Crippen molar-refractivity contribution in [2.45, 2.75) is 24.6 Å². The zero-order valence-corrected chi connectivity index (χ0v) is 14.8. The number of nitrogens with two attached hydrogens (primary N) is 1. The fourth-order valence-electron chi connectivity index (χ4n) is 2.82. The van der Waals surface area contributed by atoms with E-state index in [0.717, 1.165) is 10.5 Å². The number of fused-ring (bicyclic) bond motifs is 1. The van der Waals surface area contributed by atoms with E-state index in [1.54, 1.807) is 0 Å². The Hall–Kier alpha value is -2.36. The number of aliphatic carboxylic acids is 1. The molecule has 0 saturated carbocycles. The Kier molecular flexibility index (Phi) is 5.03. The molecular weight excluding hydrogens is 360 g/mol. The van der Waals surface area contributed by atoms with Gasteiger partial charge in [0.15, 0.2) is 0 Å². The molecule has 0 radical (unpaired) electrons. The first-order valence-corrected chi connectivity index (χ1v) is 8.90. The second-order valence-electron chi connectivity index (χ2n) is 5.94. The number of hydrogen-bond donors (Lipinski definition) is 2. The molecule has 1 aromatic rings. The number of carboxylic acids is 1. The quantitative estimate of drug-likeness (QED) is 0.421. The molecule has 1 amide bonds. The first kappa shape index (κ1) is 18.4. The summed E-state index contributed by atoms with van der Waals surface area (Å²) in [5, 5.41) is 8.86. The standard InChI is InChI=1S/C17H18N2O6S/c1-10(20)24-8-12-9-26-16-17(18,15(23)19(16)13(12)14(21)22)25-7-11-5-3-2-4-6-11/h2-6,16H,7-9,18H2,1H3,(H,21,22)/t16-,17-/m1/s1. The van der Waals surface area contributed by atoms with Gasteiger partial charge in [-0.3, -0.25) is 20.2 Å². The van der Waals surface area contributed by atoms with E-state index in [2.05, 4.69) is 0 Å². The molecule has 138 valence electrons. The lowest BCUT2D eigenvalue weighted by Crippen LogP contribution is -2.79. The summed E-state index contributed by atoms with van der Waals surface area (Å²) in [5.41, 5.74) is 5.57. The van der Waals surface area contributed by atoms with E-state index < -0.39 is 28.9 Å². The van der Waals surface area contributed by atoms with Crippen LogP contribution in [0.2, 0.25) is 0 Å². The minimum absolute atomic E-state index is 0.139. The Bertz CT molecular complexity index is 781. The minimum Gasteiger partial charge on any atom is -0.477 e. The second kappa shape index (κ2) is 7.10. The molecule has 3 N–H and O–H groups in total. The normalized spacial score (nSPS) is 24.8. The van der Waals surface area contributed by atoms with Gasteiger partial charge in [0.05, 0.1) is 6.61 Å². The van der Waals surface area contributed by atoms with Crippen molar-refractivity contribution in [1.29, 1.82) is 0 Å². The SMILES string of the molecule is CC(=O)OCC1=C(C(=O)O)N2C(=O)[C@@](N)(OCc3ccccc3)[C@H]2SC1. The van der Waals surface area contributed by atoms with Crippen LogP contribution in [0.4, 0.5) is 0 Å². The van der Waals surface area contributed by atoms with Crippen LogP contribution >= 0.6 is 11.8 Å². The number of ether oxygens (including phenoxy) is 2. The number of carbonyl (C=O) groups is 3. The van der Waals surface area contributed by atoms with Crippen molar-refractivity contribution in [1.82, 2.24) is 4.90 Å². The molecule has 0 spiro atoms. The summed E-state index contributed by atoms with van der Waals surface area (Å²) in [7, 11) is 0. The molecule has 2 heterocycles. The van der Waals surface area contributed by atoms with Crippen LogP contribution in [0.5, 0.6) is 0 Å². The largest absolute Gasteiger partial charge is 0.477 e. The summed E-state index contributed by atoms with van der Waals surface area (Å²) in [4.78, 5) is 36.3. The molecule has 8 nitrogen and oxygen atoms in total. The third-order valence-corrected chi connectivity index (χ3v) is 5.51. The van der Waals surface area contributed by atoms with E-state index in [9.17, 15) is 19.5 Å². The molecule has 1 fully saturated rings. The molecule has 0 unspecified atom stereocenters. The van der Waals surface area contributed by atoms with Crippen LogP contribution in [0.3, 0.4) is 0 Å². The van der Waals surface area contributed by atoms with Gasteiger partial charge in [0.1, 0.15) is 17.7 Å². The van der Waals surface area contributed by atoms with Gasteiger partial charge >= 0.3 is 11.9 Å². The molecule has 0 bridgehead atoms. The average molecular weight is 378 g/mol. The molecule has 9 heteroatoms. The number of carboxylic acid groups (broad SMARTS) is 1. The Labute approximate surface area is 153 Å². The summed E-state index contributed by atoms with van der Waals surface area (Å²) in [6.45, 7) is 1.19. The number of benzene rings is 1. The van der Waals surface area contributed by atoms with Crippen LogP contribution in [0.1, 0.15) is 12.5 Å². The number of hydrogen-bond acceptors (Lipinski definition) is 7. The maximum absolute atomic E-state index is 12.6. The summed E-state index contributed by atoms with van der Waals surface area (Å²) in [5.74, 6) is -2.14. The zero-order valence-electron chi connectivity index (χ0n) is 14.0. The molecule has 2 atom stereocenters. The van der Waals surface area contributed by atoms with Crippen LogP contribution in [-0.2, 0) is 30.5 Å². The summed E-state index contributed by atoms with van der Waals surface area (Å²) < 4.78 is 10.5. The van der Waals surface area contributed by atoms with E-state index in [1.165, 1.54) is 18.7 Å². The highest BCUT2D eigenvalue weighted by Gasteiger charge is 2.64. The molecule has 26 heavy (non-hydrogen) atoms. The Morgan fingerprint density at radius 1 is 1.35 bits per heavy atom. The molecule has 3 rings (SSSR count). The minimum atomic E-state index is -1.59. The number of thioether (sulfide) groups is 1. The van der Waals surface area contributed by atoms with Gasteiger partial charge in [-0.05, 0) is 5.56 Å². The third kappa shape index (κ3) is 3.20. The van der Waals surface area contributed by atoms with Gasteiger partial charge in [-0.15, -0.1) is 11.8 Å². The molecule has 0 aliphatic carbocycles. The molecule has 0 aromatic heterocycles. The van der Waals surface area contributed by atoms with E-state index in [1.807, 2.05) is 30.3 Å². The Morgan fingerprint density at radius 3 is 2.65 bits per heavy atom. The van der Waals surface area contributed by atoms with E-state index >= 15 is 0 Å². The fraction of sp³-hybridized carbons (Fsp3) is 0.353. The van der Waals surface area contributed by atoms with Gasteiger partial charge in [0.25, 0.3) is 5.91 Å². The maximum Gasteiger partial charge on any atom is 0.352 e. The average Bonchev–Trinajstić information content (AvgIpc) is 2.63. The predicted octanol–water partition coefficient (Wildman–Crippen LogP) is 0.675. The van der Waals surface area contributed by atoms with Gasteiger partial charge in [0.2, 0.25) is 5.72 Å². The van der Waals surface area contributed by atoms with Crippen molar-refractivity contribution in [3.63, 3.8) is 0 Å². The number of nitrogens with zero attached hydrogens (tertiary/aromatic N) is 1. The van der Waals surface area contributed by atoms with Gasteiger partial charge in [-0.25, -0.2) is 4.79 Å². The van der Waals surface area contributed by atoms with Crippen molar-refractivity contribution in [3.8, 4) is 0 Å². The number of esters is 1. The predicted molar refractivity (Wildman–Crippen MR) is 92.5 cm³/mol. The smallest absolute Gasteiger partial charge is 0.352 e. The lowest BCUT2D eigenvalue weighted by atomic mass is 9.99. The first-order chi connectivity index (χ1) is 12.3. The lowest BCUT2D eigenvalue weighted by molar-refractivity contribution is -0.191. The van der Waals surface area contributed by atoms with Crippen molar-refractivity contribution in [2.24, 2.45) is 5.73 Å². The third-order valence-electron chi connectivity index (χ3n) is 4.12. The highest BCUT2D eigenvalue weighted by atomic mass is 32.2. The van der Waals surface area contributed by atoms with Crippen molar-refractivity contribution < 1.29 is 29.0 Å². The summed E-state index contributed by atoms with van der Waals surface area (Å²) in [6.07, 6.45) is 0. The van der Waals surface area contributed by atoms with Gasteiger partial charge in [-0.2, -0.15) is 0 Å². The van der Waals surface area contributed by atoms with Gasteiger partial charge < -0.3 is 14.6 Å². The highest BCUT2D eigenvalue weighted by molar-refractivity contribution is 8.00. The van der Waals surface area contributed by atoms with Crippen LogP contribution in [-0.4, -0.2) is 51.3 Å². The van der Waals surface area contributed by atoms with Gasteiger partial charge in [-0.1, -0.05) is 30.3 Å². The van der Waals surface area contributed by atoms with E-state index in [0.29, 0.717) is 5.57 Å². The molecule has 2 aliphatic heterocycles. The lowest BCUT2D eigenvalue weighted by Gasteiger charge is -2.54. The topological polar surface area (TPSA) is 119 Å². The zero-order chi connectivity index (χ0) is 18.9. The monoisotopic (exact) mass is 378 g/mol. The number of rotatable bonds is 6. The number of carbonyl (C=O) groups excluding carboxylic acids is 2. The highest BCUT2D eigenvalue weighted by Crippen LogP contribution is 2.45. The second-order valence-corrected chi connectivity index (χ2v) is 7.01. The van der Waals surface area contributed by atoms with Crippen LogP contribution in [0, 0.1) is 0 Å². The number of amides is 1. The number of β-lactam (4-membered cyclic amide) rings is 1. The van der Waals surface area contributed by atoms with Crippen LogP contribution in [0.25, 0.3) is 0 Å². The summed E-state index contributed by atoms with van der Waals surface area (Å²) >= 11 is 1.28. The van der Waals surface area contributed by atoms with E-state index in [4.69, 9.17) is 15.2 Å². The Balaban J connectivity index is 1.77. The maximum atomic E-state index is 12.6. The van der Waals surface area contributed by atoms with Crippen molar-refractivity contribution in [2.75, 3.05) is 12.4 Å². The molecule has 1 saturated heterocycles. The summed E-state index contributed by atoms with van der Waals surface area (Å²) in [6, 6.07) is 9.25. The van der Waals surface area contributed by atoms with Crippen molar-refractivity contribution >= 4 is 29.6 Å². The van der Waals surface area contributed by atoms with Gasteiger partial charge in [0, 0.05) is 18.2 Å². The molecule has 1 aromatic carbocycles. The fourth-order valence-corrected chi connectivity index (χ4v) is 4.17. The molecular formula is C17H18N2O6S. The first-order valence-electron chi connectivity index (χ1n) is 7.85. The van der Waals surface area contributed by atoms with Crippen molar-refractivity contribution in [3.05, 3.63) is 47.2 Å². The Morgan fingerprint density at radius 2 is 2.04 bits per heavy atom.